The van der Waals surface area contributed by atoms with Crippen molar-refractivity contribution in [3.05, 3.63) is 34.3 Å². The van der Waals surface area contributed by atoms with E-state index < -0.39 is 0 Å². The molecule has 0 unspecified atom stereocenters. The lowest BCUT2D eigenvalue weighted by Gasteiger charge is -2.19. The standard InChI is InChI=1S/C15H15N3O3S/c1-3-20-12-6-4-5-10-7-11(8-21-13(10)12)14(19)16-15-18-17-9(2)22-15/h4-7H,3,8H2,1-2H3,(H,16,18,19). The molecule has 6 nitrogen and oxygen atoms in total. The Morgan fingerprint density at radius 3 is 3.05 bits per heavy atom. The smallest absolute Gasteiger partial charge is 0.256 e. The summed E-state index contributed by atoms with van der Waals surface area (Å²) < 4.78 is 11.2. The fourth-order valence-corrected chi connectivity index (χ4v) is 2.69. The number of amides is 1. The molecule has 2 aromatic rings. The lowest BCUT2D eigenvalue weighted by atomic mass is 10.1. The minimum Gasteiger partial charge on any atom is -0.490 e. The number of carbonyl (C=O) groups excluding carboxylic acids is 1. The third kappa shape index (κ3) is 2.94. The summed E-state index contributed by atoms with van der Waals surface area (Å²) in [7, 11) is 0. The fourth-order valence-electron chi connectivity index (χ4n) is 2.10. The van der Waals surface area contributed by atoms with Gasteiger partial charge < -0.3 is 9.47 Å². The van der Waals surface area contributed by atoms with E-state index in [0.717, 1.165) is 10.6 Å². The topological polar surface area (TPSA) is 73.3 Å². The highest BCUT2D eigenvalue weighted by atomic mass is 32.1. The van der Waals surface area contributed by atoms with E-state index in [2.05, 4.69) is 15.5 Å². The van der Waals surface area contributed by atoms with Gasteiger partial charge in [0, 0.05) is 5.56 Å². The van der Waals surface area contributed by atoms with E-state index in [1.165, 1.54) is 11.3 Å². The molecule has 0 atom stereocenters. The monoisotopic (exact) mass is 317 g/mol. The predicted octanol–water partition coefficient (Wildman–Crippen LogP) is 2.66. The highest BCUT2D eigenvalue weighted by Gasteiger charge is 2.21. The maximum atomic E-state index is 12.2. The van der Waals surface area contributed by atoms with Gasteiger partial charge in [-0.15, -0.1) is 10.2 Å². The molecule has 114 valence electrons. The van der Waals surface area contributed by atoms with Crippen LogP contribution in [0.3, 0.4) is 0 Å². The molecule has 0 spiro atoms. The molecule has 1 aliphatic heterocycles. The number of carbonyl (C=O) groups is 1. The largest absolute Gasteiger partial charge is 0.490 e. The van der Waals surface area contributed by atoms with Crippen LogP contribution in [0.1, 0.15) is 17.5 Å². The van der Waals surface area contributed by atoms with Gasteiger partial charge in [-0.1, -0.05) is 23.5 Å². The van der Waals surface area contributed by atoms with Crippen LogP contribution in [-0.4, -0.2) is 29.3 Å². The van der Waals surface area contributed by atoms with Crippen LogP contribution >= 0.6 is 11.3 Å². The van der Waals surface area contributed by atoms with E-state index in [-0.39, 0.29) is 12.5 Å². The van der Waals surface area contributed by atoms with Crippen LogP contribution in [0.15, 0.2) is 23.8 Å². The van der Waals surface area contributed by atoms with Crippen LogP contribution < -0.4 is 14.8 Å². The van der Waals surface area contributed by atoms with Gasteiger partial charge in [0.1, 0.15) is 11.6 Å². The molecule has 0 radical (unpaired) electrons. The van der Waals surface area contributed by atoms with E-state index in [1.807, 2.05) is 38.1 Å². The van der Waals surface area contributed by atoms with Crippen LogP contribution in [-0.2, 0) is 4.79 Å². The Morgan fingerprint density at radius 1 is 1.45 bits per heavy atom. The molecule has 0 aliphatic carbocycles. The summed E-state index contributed by atoms with van der Waals surface area (Å²) in [5, 5.41) is 11.8. The van der Waals surface area contributed by atoms with Gasteiger partial charge >= 0.3 is 0 Å². The number of hydrogen-bond acceptors (Lipinski definition) is 6. The van der Waals surface area contributed by atoms with Crippen molar-refractivity contribution in [3.63, 3.8) is 0 Å². The summed E-state index contributed by atoms with van der Waals surface area (Å²) in [5.74, 6) is 1.13. The van der Waals surface area contributed by atoms with Gasteiger partial charge in [-0.05, 0) is 26.0 Å². The van der Waals surface area contributed by atoms with Crippen molar-refractivity contribution in [3.8, 4) is 11.5 Å². The summed E-state index contributed by atoms with van der Waals surface area (Å²) in [5.41, 5.74) is 1.37. The van der Waals surface area contributed by atoms with E-state index >= 15 is 0 Å². The van der Waals surface area contributed by atoms with Crippen molar-refractivity contribution in [1.29, 1.82) is 0 Å². The molecule has 2 heterocycles. The molecule has 0 fully saturated rings. The van der Waals surface area contributed by atoms with E-state index in [0.29, 0.717) is 28.8 Å². The first-order valence-corrected chi connectivity index (χ1v) is 7.69. The second kappa shape index (κ2) is 6.15. The van der Waals surface area contributed by atoms with Gasteiger partial charge in [0.2, 0.25) is 5.13 Å². The van der Waals surface area contributed by atoms with Gasteiger partial charge in [-0.2, -0.15) is 0 Å². The zero-order valence-corrected chi connectivity index (χ0v) is 13.1. The number of rotatable bonds is 4. The summed E-state index contributed by atoms with van der Waals surface area (Å²) in [6, 6.07) is 5.61. The summed E-state index contributed by atoms with van der Waals surface area (Å²) in [6.45, 7) is 4.51. The number of para-hydroxylation sites is 1. The Labute approximate surface area is 131 Å². The van der Waals surface area contributed by atoms with Gasteiger partial charge in [-0.25, -0.2) is 0 Å². The normalized spacial score (nSPS) is 12.9. The zero-order chi connectivity index (χ0) is 15.5. The van der Waals surface area contributed by atoms with Crippen LogP contribution in [0.5, 0.6) is 11.5 Å². The number of fused-ring (bicyclic) bond motifs is 1. The third-order valence-electron chi connectivity index (χ3n) is 3.05. The maximum Gasteiger partial charge on any atom is 0.256 e. The SMILES string of the molecule is CCOc1cccc2c1OCC(C(=O)Nc1nnc(C)s1)=C2. The number of aryl methyl sites for hydroxylation is 1. The lowest BCUT2D eigenvalue weighted by molar-refractivity contribution is -0.113. The number of benzene rings is 1. The molecule has 1 amide bonds. The van der Waals surface area contributed by atoms with Crippen molar-refractivity contribution in [2.24, 2.45) is 0 Å². The van der Waals surface area contributed by atoms with Crippen molar-refractivity contribution < 1.29 is 14.3 Å². The van der Waals surface area contributed by atoms with E-state index in [1.54, 1.807) is 0 Å². The number of nitrogens with one attached hydrogen (secondary N) is 1. The molecule has 0 bridgehead atoms. The van der Waals surface area contributed by atoms with Crippen molar-refractivity contribution in [2.75, 3.05) is 18.5 Å². The van der Waals surface area contributed by atoms with Gasteiger partial charge in [-0.3, -0.25) is 10.1 Å². The van der Waals surface area contributed by atoms with E-state index in [9.17, 15) is 4.79 Å². The fraction of sp³-hybridized carbons (Fsp3) is 0.267. The van der Waals surface area contributed by atoms with Crippen molar-refractivity contribution >= 4 is 28.5 Å². The Balaban J connectivity index is 1.81. The van der Waals surface area contributed by atoms with Gasteiger partial charge in [0.15, 0.2) is 11.5 Å². The highest BCUT2D eigenvalue weighted by molar-refractivity contribution is 7.15. The second-order valence-corrected chi connectivity index (χ2v) is 5.83. The molecule has 1 aromatic carbocycles. The average molecular weight is 317 g/mol. The molecule has 1 aromatic heterocycles. The summed E-state index contributed by atoms with van der Waals surface area (Å²) in [4.78, 5) is 12.2. The minimum absolute atomic E-state index is 0.195. The van der Waals surface area contributed by atoms with Gasteiger partial charge in [0.05, 0.1) is 12.2 Å². The second-order valence-electron chi connectivity index (χ2n) is 4.65. The number of hydrogen-bond donors (Lipinski definition) is 1. The van der Waals surface area contributed by atoms with Crippen LogP contribution in [0.2, 0.25) is 0 Å². The van der Waals surface area contributed by atoms with E-state index in [4.69, 9.17) is 9.47 Å². The zero-order valence-electron chi connectivity index (χ0n) is 12.3. The quantitative estimate of drug-likeness (QED) is 0.938. The summed E-state index contributed by atoms with van der Waals surface area (Å²) in [6.07, 6.45) is 1.81. The Kier molecular flexibility index (Phi) is 4.06. The van der Waals surface area contributed by atoms with Crippen LogP contribution in [0.4, 0.5) is 5.13 Å². The number of nitrogens with zero attached hydrogens (tertiary/aromatic N) is 2. The first-order chi connectivity index (χ1) is 10.7. The average Bonchev–Trinajstić information content (AvgIpc) is 2.92. The number of ether oxygens (including phenoxy) is 2. The molecule has 0 saturated heterocycles. The highest BCUT2D eigenvalue weighted by Crippen LogP contribution is 2.35. The third-order valence-corrected chi connectivity index (χ3v) is 3.80. The molecule has 7 heteroatoms. The van der Waals surface area contributed by atoms with Crippen LogP contribution in [0, 0.1) is 6.92 Å². The Bertz CT molecular complexity index is 739. The Hall–Kier alpha value is -2.41. The van der Waals surface area contributed by atoms with Crippen LogP contribution in [0.25, 0.3) is 6.08 Å². The first-order valence-electron chi connectivity index (χ1n) is 6.88. The molecular formula is C15H15N3O3S. The number of anilines is 1. The number of aromatic nitrogens is 2. The summed E-state index contributed by atoms with van der Waals surface area (Å²) >= 11 is 1.33. The predicted molar refractivity (Wildman–Crippen MR) is 84.4 cm³/mol. The molecule has 3 rings (SSSR count). The Morgan fingerprint density at radius 2 is 2.32 bits per heavy atom. The minimum atomic E-state index is -0.233. The van der Waals surface area contributed by atoms with Crippen molar-refractivity contribution in [1.82, 2.24) is 10.2 Å². The van der Waals surface area contributed by atoms with Gasteiger partial charge in [0.25, 0.3) is 5.91 Å². The molecule has 0 saturated carbocycles. The maximum absolute atomic E-state index is 12.2. The molecule has 22 heavy (non-hydrogen) atoms. The first kappa shape index (κ1) is 14.5. The molecule has 1 aliphatic rings. The molecular weight excluding hydrogens is 302 g/mol. The van der Waals surface area contributed by atoms with Crippen molar-refractivity contribution in [2.45, 2.75) is 13.8 Å². The molecule has 1 N–H and O–H groups in total. The lowest BCUT2D eigenvalue weighted by Crippen LogP contribution is -2.21.